The second-order valence-electron chi connectivity index (χ2n) is 18.3. The molecule has 2 spiro atoms. The molecular formula is C47H54ClF3N2O6. The highest BCUT2D eigenvalue weighted by molar-refractivity contribution is 6.33. The highest BCUT2D eigenvalue weighted by Gasteiger charge is 2.74. The monoisotopic (exact) mass is 834 g/mol. The molecule has 0 radical (unpaired) electrons. The standard InChI is InChI=1S/C47H54ClF3N2O6/c1-29(30-9-6-5-7-10-30)52-41(56)53(23-8-24-58-4)28-45(57)20-17-39-43(45,3)19-16-38-42(2)18-15-32(54)26-44(42)21-22-46(38,39)34(27-44)40(55)37-14-13-36(59-37)33-25-31(47(49,50)51)11-12-35(33)48/h5-7,9-14,21-22,25,27,29,32,38-39,54,57H,8,15-20,23-24,26,28H2,1-4H3,(H,52,56)/t29-,32?,38-,39-,42-,43+,44+,45-,46-/m1/s1. The molecule has 1 unspecified atom stereocenters. The lowest BCUT2D eigenvalue weighted by atomic mass is 9.32. The molecule has 3 fully saturated rings. The topological polar surface area (TPSA) is 112 Å². The molecule has 59 heavy (non-hydrogen) atoms. The first-order valence-corrected chi connectivity index (χ1v) is 21.2. The van der Waals surface area contributed by atoms with Gasteiger partial charge in [-0.25, -0.2) is 4.79 Å². The van der Waals surface area contributed by atoms with E-state index >= 15 is 4.79 Å². The van der Waals surface area contributed by atoms with Gasteiger partial charge in [0.2, 0.25) is 5.78 Å². The van der Waals surface area contributed by atoms with E-state index in [0.29, 0.717) is 63.7 Å². The number of nitrogens with zero attached hydrogens (tertiary/aromatic N) is 1. The summed E-state index contributed by atoms with van der Waals surface area (Å²) >= 11 is 6.40. The number of hydrogen-bond donors (Lipinski definition) is 3. The number of rotatable bonds is 11. The summed E-state index contributed by atoms with van der Waals surface area (Å²) in [6, 6.07) is 15.2. The fourth-order valence-corrected chi connectivity index (χ4v) is 12.5. The van der Waals surface area contributed by atoms with Crippen LogP contribution in [0.4, 0.5) is 18.0 Å². The van der Waals surface area contributed by atoms with Crippen LogP contribution in [-0.2, 0) is 10.9 Å². The van der Waals surface area contributed by atoms with Gasteiger partial charge >= 0.3 is 12.2 Å². The maximum atomic E-state index is 15.1. The number of carbonyl (C=O) groups excluding carboxylic acids is 2. The molecule has 1 aromatic heterocycles. The van der Waals surface area contributed by atoms with Gasteiger partial charge in [-0.15, -0.1) is 0 Å². The van der Waals surface area contributed by atoms with Crippen LogP contribution in [-0.4, -0.2) is 65.4 Å². The zero-order valence-electron chi connectivity index (χ0n) is 34.1. The Bertz CT molecular complexity index is 2170. The van der Waals surface area contributed by atoms with Crippen molar-refractivity contribution in [2.75, 3.05) is 26.8 Å². The molecule has 2 aromatic carbocycles. The lowest BCUT2D eigenvalue weighted by Crippen LogP contribution is -2.67. The van der Waals surface area contributed by atoms with Crippen LogP contribution < -0.4 is 5.32 Å². The van der Waals surface area contributed by atoms with E-state index in [9.17, 15) is 28.2 Å². The molecule has 8 nitrogen and oxygen atoms in total. The van der Waals surface area contributed by atoms with E-state index in [4.69, 9.17) is 20.8 Å². The van der Waals surface area contributed by atoms with Crippen molar-refractivity contribution >= 4 is 23.4 Å². The molecule has 316 valence electrons. The van der Waals surface area contributed by atoms with Crippen molar-refractivity contribution in [1.29, 1.82) is 0 Å². The van der Waals surface area contributed by atoms with Crippen molar-refractivity contribution in [3.05, 3.63) is 106 Å². The van der Waals surface area contributed by atoms with E-state index in [2.05, 4.69) is 37.4 Å². The normalized spacial score (nSPS) is 33.7. The van der Waals surface area contributed by atoms with Crippen molar-refractivity contribution < 1.29 is 42.1 Å². The summed E-state index contributed by atoms with van der Waals surface area (Å²) in [5.74, 6) is -0.546. The van der Waals surface area contributed by atoms with Crippen LogP contribution >= 0.6 is 11.6 Å². The summed E-state index contributed by atoms with van der Waals surface area (Å²) < 4.78 is 52.6. The first kappa shape index (κ1) is 41.8. The van der Waals surface area contributed by atoms with Gasteiger partial charge < -0.3 is 29.6 Å². The predicted octanol–water partition coefficient (Wildman–Crippen LogP) is 10.2. The van der Waals surface area contributed by atoms with E-state index < -0.39 is 39.7 Å². The Balaban J connectivity index is 1.16. The zero-order chi connectivity index (χ0) is 42.2. The third kappa shape index (κ3) is 6.61. The van der Waals surface area contributed by atoms with Crippen LogP contribution in [0.15, 0.2) is 88.9 Å². The number of ketones is 1. The third-order valence-electron chi connectivity index (χ3n) is 15.5. The van der Waals surface area contributed by atoms with Gasteiger partial charge in [0, 0.05) is 47.6 Å². The largest absolute Gasteiger partial charge is 0.453 e. The van der Waals surface area contributed by atoms with Gasteiger partial charge in [0.05, 0.1) is 34.9 Å². The average molecular weight is 835 g/mol. The number of urea groups is 1. The van der Waals surface area contributed by atoms with Gasteiger partial charge in [-0.2, -0.15) is 13.2 Å². The number of aliphatic hydroxyl groups is 2. The number of furan rings is 1. The zero-order valence-corrected chi connectivity index (χ0v) is 34.8. The average Bonchev–Trinajstić information content (AvgIpc) is 3.80. The van der Waals surface area contributed by atoms with Crippen LogP contribution in [0.1, 0.15) is 99.9 Å². The third-order valence-corrected chi connectivity index (χ3v) is 15.8. The lowest BCUT2D eigenvalue weighted by Gasteiger charge is -2.71. The summed E-state index contributed by atoms with van der Waals surface area (Å²) in [6.07, 6.45) is 6.17. The quantitative estimate of drug-likeness (QED) is 0.101. The smallest absolute Gasteiger partial charge is 0.416 e. The minimum atomic E-state index is -4.60. The Hall–Kier alpha value is -3.90. The number of halogens is 4. The highest BCUT2D eigenvalue weighted by Crippen LogP contribution is 2.78. The Morgan fingerprint density at radius 3 is 2.44 bits per heavy atom. The van der Waals surface area contributed by atoms with E-state index in [1.54, 1.807) is 12.0 Å². The minimum absolute atomic E-state index is 0.00274. The molecule has 3 saturated carbocycles. The first-order chi connectivity index (χ1) is 27.9. The highest BCUT2D eigenvalue weighted by atomic mass is 35.5. The number of alkyl halides is 3. The number of amides is 2. The number of aliphatic hydroxyl groups excluding tert-OH is 1. The van der Waals surface area contributed by atoms with Crippen molar-refractivity contribution in [3.63, 3.8) is 0 Å². The molecule has 1 heterocycles. The van der Waals surface area contributed by atoms with Crippen LogP contribution in [0, 0.1) is 33.5 Å². The summed E-state index contributed by atoms with van der Waals surface area (Å²) in [6.45, 7) is 7.27. The fraction of sp³-hybridized carbons (Fsp3) is 0.532. The Morgan fingerprint density at radius 1 is 1.00 bits per heavy atom. The predicted molar refractivity (Wildman–Crippen MR) is 218 cm³/mol. The van der Waals surface area contributed by atoms with E-state index in [0.717, 1.165) is 24.1 Å². The molecule has 9 rings (SSSR count). The van der Waals surface area contributed by atoms with Crippen LogP contribution in [0.2, 0.25) is 5.02 Å². The van der Waals surface area contributed by atoms with Gasteiger partial charge in [0.15, 0.2) is 5.76 Å². The van der Waals surface area contributed by atoms with E-state index in [-0.39, 0.29) is 63.8 Å². The van der Waals surface area contributed by atoms with Gasteiger partial charge in [-0.05, 0) is 111 Å². The lowest BCUT2D eigenvalue weighted by molar-refractivity contribution is -0.174. The number of carbonyl (C=O) groups is 2. The molecule has 9 atom stereocenters. The molecule has 6 aliphatic rings. The SMILES string of the molecule is COCCCN(C[C@]1(O)CC[C@H]2[C@]34C=C[C@@]5(C=C3C(=O)c3ccc(-c6cc(C(F)(F)F)ccc6Cl)o3)CC(O)CC[C@]5(C)[C@H]4CC[C@@]21C)C(=O)N[C@H](C)c1ccccc1. The molecule has 3 aromatic rings. The molecule has 0 aliphatic heterocycles. The number of hydrogen-bond acceptors (Lipinski definition) is 6. The maximum absolute atomic E-state index is 15.1. The van der Waals surface area contributed by atoms with Crippen molar-refractivity contribution in [2.45, 2.75) is 96.1 Å². The number of Topliss-reactive ketones (excluding diaryl/α,β-unsaturated/α-hetero) is 1. The van der Waals surface area contributed by atoms with Gasteiger partial charge in [0.25, 0.3) is 0 Å². The van der Waals surface area contributed by atoms with Crippen molar-refractivity contribution in [1.82, 2.24) is 10.2 Å². The number of fused-ring (bicyclic) bond motifs is 1. The molecular weight excluding hydrogens is 781 g/mol. The summed E-state index contributed by atoms with van der Waals surface area (Å²) in [4.78, 5) is 30.9. The molecule has 3 N–H and O–H groups in total. The van der Waals surface area contributed by atoms with Gasteiger partial charge in [0.1, 0.15) is 5.76 Å². The van der Waals surface area contributed by atoms with E-state index in [1.165, 1.54) is 18.2 Å². The number of allylic oxidation sites excluding steroid dienone is 4. The number of nitrogens with one attached hydrogen (secondary N) is 1. The summed E-state index contributed by atoms with van der Waals surface area (Å²) in [5, 5.41) is 27.4. The Kier molecular flexibility index (Phi) is 10.6. The molecule has 0 saturated heterocycles. The van der Waals surface area contributed by atoms with Crippen molar-refractivity contribution in [3.8, 4) is 11.3 Å². The maximum Gasteiger partial charge on any atom is 0.416 e. The summed E-state index contributed by atoms with van der Waals surface area (Å²) in [5.41, 5.74) is -3.08. The molecule has 12 heteroatoms. The molecule has 6 aliphatic carbocycles. The van der Waals surface area contributed by atoms with E-state index in [1.807, 2.05) is 37.3 Å². The van der Waals surface area contributed by atoms with Crippen LogP contribution in [0.5, 0.6) is 0 Å². The number of ether oxygens (including phenoxy) is 1. The first-order valence-electron chi connectivity index (χ1n) is 20.9. The minimum Gasteiger partial charge on any atom is -0.453 e. The second-order valence-corrected chi connectivity index (χ2v) is 18.8. The van der Waals surface area contributed by atoms with Crippen molar-refractivity contribution in [2.24, 2.45) is 33.5 Å². The summed E-state index contributed by atoms with van der Waals surface area (Å²) in [7, 11) is 1.62. The van der Waals surface area contributed by atoms with Crippen LogP contribution in [0.25, 0.3) is 11.3 Å². The van der Waals surface area contributed by atoms with Gasteiger partial charge in [-0.3, -0.25) is 4.79 Å². The second kappa shape index (κ2) is 14.9. The number of benzene rings is 2. The Morgan fingerprint density at radius 2 is 1.71 bits per heavy atom. The number of methoxy groups -OCH3 is 1. The fourth-order valence-electron chi connectivity index (χ4n) is 12.3. The molecule has 2 amide bonds. The molecule has 2 bridgehead atoms. The van der Waals surface area contributed by atoms with Gasteiger partial charge in [-0.1, -0.05) is 74.0 Å². The Labute approximate surface area is 348 Å². The van der Waals surface area contributed by atoms with Crippen LogP contribution in [0.3, 0.4) is 0 Å².